The van der Waals surface area contributed by atoms with Crippen molar-refractivity contribution in [2.24, 2.45) is 0 Å². The maximum absolute atomic E-state index is 12.5. The Balaban J connectivity index is 1.60. The number of carbonyl (C=O) groups is 1. The van der Waals surface area contributed by atoms with Crippen molar-refractivity contribution >= 4 is 27.7 Å². The summed E-state index contributed by atoms with van der Waals surface area (Å²) in [4.78, 5) is 12.5. The zero-order valence-electron chi connectivity index (χ0n) is 15.6. The van der Waals surface area contributed by atoms with E-state index in [1.807, 2.05) is 48.7 Å². The summed E-state index contributed by atoms with van der Waals surface area (Å²) in [6, 6.07) is 13.7. The van der Waals surface area contributed by atoms with Crippen LogP contribution in [0.4, 0.5) is 0 Å². The lowest BCUT2D eigenvalue weighted by Gasteiger charge is -2.03. The van der Waals surface area contributed by atoms with Crippen LogP contribution >= 0.6 is 0 Å². The molecule has 0 spiro atoms. The highest BCUT2D eigenvalue weighted by molar-refractivity contribution is 6.15. The minimum atomic E-state index is -0.177. The molecule has 0 amide bonds. The summed E-state index contributed by atoms with van der Waals surface area (Å²) in [7, 11) is 0. The van der Waals surface area contributed by atoms with Gasteiger partial charge in [0.2, 0.25) is 11.8 Å². The molecule has 8 heteroatoms. The summed E-state index contributed by atoms with van der Waals surface area (Å²) in [6.45, 7) is 5.72. The van der Waals surface area contributed by atoms with Gasteiger partial charge in [0.15, 0.2) is 0 Å². The minimum Gasteiger partial charge on any atom is -0.424 e. The van der Waals surface area contributed by atoms with E-state index in [0.29, 0.717) is 24.0 Å². The maximum atomic E-state index is 12.5. The van der Waals surface area contributed by atoms with Gasteiger partial charge in [0.1, 0.15) is 12.2 Å². The largest absolute Gasteiger partial charge is 0.424 e. The van der Waals surface area contributed by atoms with Gasteiger partial charge in [-0.25, -0.2) is 4.68 Å². The van der Waals surface area contributed by atoms with Crippen LogP contribution in [0.3, 0.4) is 0 Å². The zero-order valence-corrected chi connectivity index (χ0v) is 15.6. The fourth-order valence-electron chi connectivity index (χ4n) is 3.51. The second-order valence-corrected chi connectivity index (χ2v) is 6.64. The smallest absolute Gasteiger partial charge is 0.254 e. The average Bonchev–Trinajstić information content (AvgIpc) is 3.44. The van der Waals surface area contributed by atoms with E-state index in [4.69, 9.17) is 4.42 Å². The third kappa shape index (κ3) is 2.82. The number of aromatic nitrogens is 6. The number of fused-ring (bicyclic) bond motifs is 3. The van der Waals surface area contributed by atoms with Gasteiger partial charge in [-0.2, -0.15) is 0 Å². The fraction of sp³-hybridized carbons (Fsp3) is 0.0952. The van der Waals surface area contributed by atoms with Crippen LogP contribution in [0.2, 0.25) is 0 Å². The molecule has 0 atom stereocenters. The van der Waals surface area contributed by atoms with E-state index in [-0.39, 0.29) is 5.91 Å². The molecular formula is C21H16N6O2. The molecule has 5 rings (SSSR count). The molecule has 8 nitrogen and oxygen atoms in total. The highest BCUT2D eigenvalue weighted by atomic mass is 16.4. The van der Waals surface area contributed by atoms with Crippen LogP contribution in [0.25, 0.3) is 33.1 Å². The Morgan fingerprint density at radius 3 is 2.72 bits per heavy atom. The Morgan fingerprint density at radius 1 is 1.10 bits per heavy atom. The number of allylic oxidation sites excluding steroid dienone is 1. The molecule has 0 aliphatic carbocycles. The first-order valence-electron chi connectivity index (χ1n) is 9.03. The summed E-state index contributed by atoms with van der Waals surface area (Å²) < 4.78 is 8.70. The van der Waals surface area contributed by atoms with Gasteiger partial charge in [0.05, 0.1) is 17.2 Å². The van der Waals surface area contributed by atoms with E-state index in [2.05, 4.69) is 27.1 Å². The Hall–Kier alpha value is -4.07. The van der Waals surface area contributed by atoms with E-state index in [0.717, 1.165) is 27.4 Å². The molecule has 0 aliphatic heterocycles. The molecule has 3 heterocycles. The number of aryl methyl sites for hydroxylation is 1. The lowest BCUT2D eigenvalue weighted by atomic mass is 10.1. The highest BCUT2D eigenvalue weighted by Gasteiger charge is 2.16. The Bertz CT molecular complexity index is 1390. The number of nitrogens with zero attached hydrogens (tertiary/aromatic N) is 6. The lowest BCUT2D eigenvalue weighted by molar-refractivity contribution is 0.0978. The molecule has 0 saturated heterocycles. The molecule has 5 aromatic rings. The molecule has 3 aromatic heterocycles. The summed E-state index contributed by atoms with van der Waals surface area (Å²) in [5.74, 6) is 0.792. The highest BCUT2D eigenvalue weighted by Crippen LogP contribution is 2.32. The first-order chi connectivity index (χ1) is 14.1. The van der Waals surface area contributed by atoms with E-state index >= 15 is 0 Å². The van der Waals surface area contributed by atoms with Gasteiger partial charge < -0.3 is 4.42 Å². The van der Waals surface area contributed by atoms with Gasteiger partial charge in [-0.3, -0.25) is 9.36 Å². The molecule has 2 aromatic carbocycles. The minimum absolute atomic E-state index is 0.177. The van der Waals surface area contributed by atoms with Gasteiger partial charge in [0.25, 0.3) is 5.91 Å². The van der Waals surface area contributed by atoms with Crippen LogP contribution in [-0.4, -0.2) is 35.7 Å². The van der Waals surface area contributed by atoms with Crippen molar-refractivity contribution < 1.29 is 9.21 Å². The fourth-order valence-corrected chi connectivity index (χ4v) is 3.51. The number of rotatable bonds is 4. The van der Waals surface area contributed by atoms with Crippen molar-refractivity contribution in [2.75, 3.05) is 0 Å². The topological polar surface area (TPSA) is 91.6 Å². The number of benzene rings is 2. The third-order valence-corrected chi connectivity index (χ3v) is 4.77. The van der Waals surface area contributed by atoms with Crippen molar-refractivity contribution in [2.45, 2.75) is 13.5 Å². The van der Waals surface area contributed by atoms with Crippen molar-refractivity contribution in [1.29, 1.82) is 0 Å². The van der Waals surface area contributed by atoms with E-state index in [9.17, 15) is 4.79 Å². The van der Waals surface area contributed by atoms with Crippen LogP contribution in [0.15, 0.2) is 65.7 Å². The zero-order chi connectivity index (χ0) is 20.0. The van der Waals surface area contributed by atoms with Crippen LogP contribution < -0.4 is 0 Å². The third-order valence-electron chi connectivity index (χ3n) is 4.77. The molecule has 0 saturated carbocycles. The Morgan fingerprint density at radius 2 is 1.93 bits per heavy atom. The van der Waals surface area contributed by atoms with Gasteiger partial charge >= 0.3 is 0 Å². The molecule has 0 aliphatic rings. The van der Waals surface area contributed by atoms with E-state index in [1.54, 1.807) is 16.2 Å². The number of hydrogen-bond donors (Lipinski definition) is 0. The number of hydrogen-bond acceptors (Lipinski definition) is 6. The number of carbonyl (C=O) groups excluding carboxylic acids is 1. The predicted molar refractivity (Wildman–Crippen MR) is 107 cm³/mol. The van der Waals surface area contributed by atoms with Gasteiger partial charge in [-0.1, -0.05) is 42.1 Å². The predicted octanol–water partition coefficient (Wildman–Crippen LogP) is 3.62. The standard InChI is InChI=1S/C21H16N6O2/c1-3-21(28)27-18-7-5-4-6-15(18)16-9-8-14(10-19(16)27)17-11-26(25-23-17)12-20-24-22-13(2)29-20/h3-11H,1,12H2,2H3. The molecule has 29 heavy (non-hydrogen) atoms. The summed E-state index contributed by atoms with van der Waals surface area (Å²) in [5.41, 5.74) is 3.19. The second-order valence-electron chi connectivity index (χ2n) is 6.64. The van der Waals surface area contributed by atoms with Crippen molar-refractivity contribution in [3.05, 3.63) is 73.1 Å². The molecule has 0 unspecified atom stereocenters. The normalized spacial score (nSPS) is 11.3. The summed E-state index contributed by atoms with van der Waals surface area (Å²) in [5, 5.41) is 18.2. The number of para-hydroxylation sites is 1. The second kappa shape index (κ2) is 6.52. The van der Waals surface area contributed by atoms with Crippen LogP contribution in [-0.2, 0) is 6.54 Å². The molecular weight excluding hydrogens is 368 g/mol. The quantitative estimate of drug-likeness (QED) is 0.440. The van der Waals surface area contributed by atoms with E-state index in [1.165, 1.54) is 6.08 Å². The van der Waals surface area contributed by atoms with Crippen LogP contribution in [0, 0.1) is 6.92 Å². The van der Waals surface area contributed by atoms with Crippen LogP contribution in [0.5, 0.6) is 0 Å². The lowest BCUT2D eigenvalue weighted by Crippen LogP contribution is -2.06. The van der Waals surface area contributed by atoms with Gasteiger partial charge in [-0.15, -0.1) is 15.3 Å². The van der Waals surface area contributed by atoms with Crippen molar-refractivity contribution in [3.63, 3.8) is 0 Å². The summed E-state index contributed by atoms with van der Waals surface area (Å²) >= 11 is 0. The first kappa shape index (κ1) is 17.1. The molecule has 0 bridgehead atoms. The molecule has 0 radical (unpaired) electrons. The monoisotopic (exact) mass is 384 g/mol. The maximum Gasteiger partial charge on any atom is 0.254 e. The van der Waals surface area contributed by atoms with E-state index < -0.39 is 0 Å². The molecule has 0 fully saturated rings. The Labute approximate surface area is 165 Å². The Kier molecular flexibility index (Phi) is 3.83. The van der Waals surface area contributed by atoms with Gasteiger partial charge in [0, 0.05) is 23.3 Å². The van der Waals surface area contributed by atoms with Crippen molar-refractivity contribution in [3.8, 4) is 11.3 Å². The SMILES string of the molecule is C=CC(=O)n1c2ccccc2c2ccc(-c3cn(Cc4nnc(C)o4)nn3)cc21. The molecule has 142 valence electrons. The average molecular weight is 384 g/mol. The van der Waals surface area contributed by atoms with Gasteiger partial charge in [-0.05, 0) is 18.2 Å². The summed E-state index contributed by atoms with van der Waals surface area (Å²) in [6.07, 6.45) is 3.13. The van der Waals surface area contributed by atoms with Crippen molar-refractivity contribution in [1.82, 2.24) is 29.8 Å². The van der Waals surface area contributed by atoms with Crippen LogP contribution in [0.1, 0.15) is 16.6 Å². The first-order valence-corrected chi connectivity index (χ1v) is 9.03. The molecule has 0 N–H and O–H groups in total.